The van der Waals surface area contributed by atoms with Crippen molar-refractivity contribution in [2.24, 2.45) is 0 Å². The Morgan fingerprint density at radius 2 is 1.49 bits per heavy atom. The molecule has 2 aromatic rings. The van der Waals surface area contributed by atoms with E-state index in [1.165, 1.54) is 0 Å². The maximum atomic E-state index is 12.4. The number of benzene rings is 2. The van der Waals surface area contributed by atoms with Crippen molar-refractivity contribution >= 4 is 17.0 Å². The molecule has 2 aromatic carbocycles. The van der Waals surface area contributed by atoms with Crippen molar-refractivity contribution < 1.29 is 28.2 Å². The second kappa shape index (κ2) is 9.54. The highest BCUT2D eigenvalue weighted by atomic mass is 28.4. The average Bonchev–Trinajstić information content (AvgIpc) is 2.77. The van der Waals surface area contributed by atoms with E-state index in [0.717, 1.165) is 39.5 Å². The van der Waals surface area contributed by atoms with Crippen molar-refractivity contribution in [3.8, 4) is 23.0 Å². The minimum atomic E-state index is -1.85. The van der Waals surface area contributed by atoms with Crippen LogP contribution in [0.5, 0.6) is 23.0 Å². The van der Waals surface area contributed by atoms with Crippen LogP contribution < -0.4 is 18.6 Å². The lowest BCUT2D eigenvalue weighted by Crippen LogP contribution is -2.55. The smallest absolute Gasteiger partial charge is 0.280 e. The summed E-state index contributed by atoms with van der Waals surface area (Å²) < 4.78 is 37.9. The zero-order valence-electron chi connectivity index (χ0n) is 23.8. The minimum Gasteiger partial charge on any atom is -0.542 e. The summed E-state index contributed by atoms with van der Waals surface area (Å²) in [7, 11) is -1.91. The molecule has 8 heteroatoms. The lowest BCUT2D eigenvalue weighted by atomic mass is 9.69. The summed E-state index contributed by atoms with van der Waals surface area (Å²) >= 11 is 0. The van der Waals surface area contributed by atoms with Crippen LogP contribution in [0.3, 0.4) is 0 Å². The molecule has 202 valence electrons. The van der Waals surface area contributed by atoms with Crippen LogP contribution >= 0.6 is 0 Å². The minimum absolute atomic E-state index is 0.121. The molecule has 6 nitrogen and oxygen atoms in total. The average molecular weight is 543 g/mol. The first-order valence-corrected chi connectivity index (χ1v) is 18.4. The van der Waals surface area contributed by atoms with Crippen molar-refractivity contribution in [2.45, 2.75) is 102 Å². The Kier molecular flexibility index (Phi) is 7.18. The third kappa shape index (κ3) is 5.52. The summed E-state index contributed by atoms with van der Waals surface area (Å²) in [4.78, 5) is 0. The molecule has 0 aromatic heterocycles. The van der Waals surface area contributed by atoms with Gasteiger partial charge in [0, 0.05) is 46.9 Å². The second-order valence-corrected chi connectivity index (χ2v) is 19.4. The van der Waals surface area contributed by atoms with Crippen molar-refractivity contribution in [1.29, 1.82) is 0 Å². The van der Waals surface area contributed by atoms with Gasteiger partial charge in [0.2, 0.25) is 8.32 Å². The fourth-order valence-corrected chi connectivity index (χ4v) is 7.64. The third-order valence-corrected chi connectivity index (χ3v) is 9.81. The fraction of sp³-hybridized carbons (Fsp3) is 0.586. The molecule has 2 heterocycles. The van der Waals surface area contributed by atoms with E-state index in [1.54, 1.807) is 7.11 Å². The summed E-state index contributed by atoms with van der Waals surface area (Å²) in [5, 5.41) is 10.1. The lowest BCUT2D eigenvalue weighted by molar-refractivity contribution is -0.166. The zero-order valence-corrected chi connectivity index (χ0v) is 25.8. The Balaban J connectivity index is 1.78. The van der Waals surface area contributed by atoms with Gasteiger partial charge in [0.05, 0.1) is 13.7 Å². The molecule has 4 rings (SSSR count). The van der Waals surface area contributed by atoms with Gasteiger partial charge in [-0.15, -0.1) is 0 Å². The van der Waals surface area contributed by atoms with Crippen molar-refractivity contribution in [3.05, 3.63) is 46.5 Å². The number of methoxy groups -OCH3 is 1. The molecule has 2 aliphatic heterocycles. The molecule has 0 fully saturated rings. The highest BCUT2D eigenvalue weighted by Gasteiger charge is 2.53. The topological polar surface area (TPSA) is 74.2 Å². The van der Waals surface area contributed by atoms with Crippen LogP contribution in [0.15, 0.2) is 24.3 Å². The number of ether oxygens (including phenoxy) is 3. The molecule has 0 saturated heterocycles. The number of aliphatic hydroxyl groups is 1. The first-order valence-electron chi connectivity index (χ1n) is 13.2. The van der Waals surface area contributed by atoms with Crippen LogP contribution in [0.2, 0.25) is 25.7 Å². The van der Waals surface area contributed by atoms with Crippen LogP contribution in [0.25, 0.3) is 0 Å². The molecule has 1 unspecified atom stereocenters. The number of aliphatic hydroxyl groups excluding tert-OH is 1. The van der Waals surface area contributed by atoms with E-state index in [9.17, 15) is 9.57 Å². The first-order chi connectivity index (χ1) is 17.1. The van der Waals surface area contributed by atoms with E-state index in [2.05, 4.69) is 59.5 Å². The number of rotatable bonds is 7. The standard InChI is InChI=1S/C29H42O6Si2/c1-10-36(31)16-20-11-21-23(12-19(20)15-30)33-29(17-27(21,2)3)18-28(4,5)22-13-26(35-37(7,8)9)25(32-6)14-24(22)34-29/h11-14,30H,10,15-18H2,1-9H3. The van der Waals surface area contributed by atoms with Crippen LogP contribution in [-0.2, 0) is 27.9 Å². The number of hydrogen-bond donors (Lipinski definition) is 1. The highest BCUT2D eigenvalue weighted by molar-refractivity contribution is 6.70. The van der Waals surface area contributed by atoms with Gasteiger partial charge in [-0.3, -0.25) is 0 Å². The van der Waals surface area contributed by atoms with Gasteiger partial charge >= 0.3 is 0 Å². The van der Waals surface area contributed by atoms with Gasteiger partial charge in [-0.2, -0.15) is 0 Å². The molecular formula is C29H42O6Si2. The van der Waals surface area contributed by atoms with Crippen LogP contribution in [0.1, 0.15) is 69.7 Å². The fourth-order valence-electron chi connectivity index (χ4n) is 5.82. The third-order valence-electron chi connectivity index (χ3n) is 7.41. The van der Waals surface area contributed by atoms with Crippen molar-refractivity contribution in [3.63, 3.8) is 0 Å². The second-order valence-electron chi connectivity index (χ2n) is 12.8. The van der Waals surface area contributed by atoms with E-state index in [1.807, 2.05) is 19.1 Å². The summed E-state index contributed by atoms with van der Waals surface area (Å²) in [5.41, 5.74) is 3.37. The van der Waals surface area contributed by atoms with E-state index in [0.29, 0.717) is 30.7 Å². The predicted octanol–water partition coefficient (Wildman–Crippen LogP) is 6.44. The Bertz CT molecular complexity index is 1210. The van der Waals surface area contributed by atoms with Crippen LogP contribution in [0, 0.1) is 0 Å². The summed E-state index contributed by atoms with van der Waals surface area (Å²) in [6.07, 6.45) is 1.32. The van der Waals surface area contributed by atoms with Gasteiger partial charge in [0.25, 0.3) is 14.5 Å². The number of hydrogen-bond acceptors (Lipinski definition) is 6. The molecular weight excluding hydrogens is 500 g/mol. The molecule has 2 aliphatic rings. The molecule has 37 heavy (non-hydrogen) atoms. The largest absolute Gasteiger partial charge is 0.542 e. The van der Waals surface area contributed by atoms with Crippen LogP contribution in [0.4, 0.5) is 0 Å². The Morgan fingerprint density at radius 3 is 2.00 bits per heavy atom. The van der Waals surface area contributed by atoms with E-state index in [4.69, 9.17) is 18.6 Å². The summed E-state index contributed by atoms with van der Waals surface area (Å²) in [5.74, 6) is 2.02. The van der Waals surface area contributed by atoms with Gasteiger partial charge < -0.3 is 28.2 Å². The molecule has 1 spiro atoms. The molecule has 0 radical (unpaired) electrons. The Labute approximate surface area is 224 Å². The maximum Gasteiger partial charge on any atom is 0.280 e. The molecule has 0 saturated carbocycles. The van der Waals surface area contributed by atoms with Gasteiger partial charge in [0.15, 0.2) is 5.75 Å². The zero-order chi connectivity index (χ0) is 27.4. The molecule has 1 N–H and O–H groups in total. The molecule has 0 bridgehead atoms. The first kappa shape index (κ1) is 27.9. The number of fused-ring (bicyclic) bond motifs is 2. The molecule has 0 aliphatic carbocycles. The quantitative estimate of drug-likeness (QED) is 0.406. The monoisotopic (exact) mass is 542 g/mol. The Morgan fingerprint density at radius 1 is 0.919 bits per heavy atom. The van der Waals surface area contributed by atoms with Gasteiger partial charge in [-0.05, 0) is 48.9 Å². The van der Waals surface area contributed by atoms with Crippen LogP contribution in [-0.4, -0.2) is 35.0 Å². The SMILES string of the molecule is CC[Si](=O)Cc1cc2c(cc1CO)OC1(CC2(C)C)CC(C)(C)c2cc(O[Si](C)(C)C)c(OC)cc2O1. The predicted molar refractivity (Wildman–Crippen MR) is 149 cm³/mol. The van der Waals surface area contributed by atoms with E-state index in [-0.39, 0.29) is 17.4 Å². The van der Waals surface area contributed by atoms with Gasteiger partial charge in [-0.1, -0.05) is 40.7 Å². The molecule has 0 amide bonds. The maximum absolute atomic E-state index is 12.4. The van der Waals surface area contributed by atoms with Gasteiger partial charge in [0.1, 0.15) is 17.2 Å². The summed E-state index contributed by atoms with van der Waals surface area (Å²) in [6.45, 7) is 17.2. The lowest BCUT2D eigenvalue weighted by Gasteiger charge is -2.51. The van der Waals surface area contributed by atoms with E-state index < -0.39 is 22.8 Å². The van der Waals surface area contributed by atoms with E-state index >= 15 is 0 Å². The van der Waals surface area contributed by atoms with Gasteiger partial charge in [-0.25, -0.2) is 0 Å². The normalized spacial score (nSPS) is 21.4. The Hall–Kier alpha value is -2.17. The van der Waals surface area contributed by atoms with Crippen molar-refractivity contribution in [1.82, 2.24) is 0 Å². The molecule has 1 atom stereocenters. The highest BCUT2D eigenvalue weighted by Crippen LogP contribution is 2.55. The van der Waals surface area contributed by atoms with Crippen molar-refractivity contribution in [2.75, 3.05) is 7.11 Å². The summed E-state index contributed by atoms with van der Waals surface area (Å²) in [6, 6.07) is 9.19.